The van der Waals surface area contributed by atoms with Crippen LogP contribution in [-0.2, 0) is 0 Å². The van der Waals surface area contributed by atoms with Crippen LogP contribution in [0, 0.1) is 0 Å². The van der Waals surface area contributed by atoms with E-state index in [0.29, 0.717) is 5.46 Å². The third-order valence-electron chi connectivity index (χ3n) is 5.52. The summed E-state index contributed by atoms with van der Waals surface area (Å²) in [5, 5.41) is 24.1. The lowest BCUT2D eigenvalue weighted by molar-refractivity contribution is 0.426. The van der Waals surface area contributed by atoms with Gasteiger partial charge in [0, 0.05) is 40.3 Å². The van der Waals surface area contributed by atoms with Crippen LogP contribution in [0.5, 0.6) is 0 Å². The van der Waals surface area contributed by atoms with Crippen LogP contribution in [0.25, 0.3) is 51.5 Å². The fraction of sp³-hybridized carbons (Fsp3) is 0. The first-order valence-electron chi connectivity index (χ1n) is 9.42. The summed E-state index contributed by atoms with van der Waals surface area (Å²) in [6.45, 7) is 0. The van der Waals surface area contributed by atoms with Crippen molar-refractivity contribution in [1.82, 2.24) is 0 Å². The van der Waals surface area contributed by atoms with Gasteiger partial charge in [-0.3, -0.25) is 0 Å². The van der Waals surface area contributed by atoms with Gasteiger partial charge in [0.1, 0.15) is 0 Å². The van der Waals surface area contributed by atoms with Gasteiger partial charge in [-0.05, 0) is 40.9 Å². The molecule has 0 spiro atoms. The van der Waals surface area contributed by atoms with Crippen LogP contribution in [0.1, 0.15) is 0 Å². The summed E-state index contributed by atoms with van der Waals surface area (Å²) in [6, 6.07) is 27.4. The van der Waals surface area contributed by atoms with E-state index in [2.05, 4.69) is 60.7 Å². The van der Waals surface area contributed by atoms with Gasteiger partial charge < -0.3 is 10.0 Å². The molecule has 0 aliphatic heterocycles. The van der Waals surface area contributed by atoms with Crippen LogP contribution < -0.4 is 5.46 Å². The zero-order valence-corrected chi connectivity index (χ0v) is 16.9. The van der Waals surface area contributed by atoms with E-state index in [1.165, 1.54) is 31.3 Å². The third kappa shape index (κ3) is 2.63. The molecule has 2 N–H and O–H groups in total. The van der Waals surface area contributed by atoms with Crippen LogP contribution in [0.3, 0.4) is 0 Å². The standard InChI is InChI=1S/C24H15BO2S2/c26-25(27)19-5-3-7-21-24(19)18-11-9-15(13-23(18)29-21)14-8-10-17-16-4-1-2-6-20(16)28-22(17)12-14/h1-13,26-27H. The minimum atomic E-state index is -1.47. The largest absolute Gasteiger partial charge is 0.489 e. The maximum Gasteiger partial charge on any atom is 0.489 e. The number of hydrogen-bond acceptors (Lipinski definition) is 4. The van der Waals surface area contributed by atoms with Crippen molar-refractivity contribution in [3.63, 3.8) is 0 Å². The van der Waals surface area contributed by atoms with E-state index >= 15 is 0 Å². The summed E-state index contributed by atoms with van der Waals surface area (Å²) in [4.78, 5) is 0. The Bertz CT molecular complexity index is 1550. The lowest BCUT2D eigenvalue weighted by Gasteiger charge is -2.04. The van der Waals surface area contributed by atoms with E-state index in [1.807, 2.05) is 23.5 Å². The Morgan fingerprint density at radius 2 is 1.17 bits per heavy atom. The third-order valence-corrected chi connectivity index (χ3v) is 7.77. The molecule has 0 aliphatic carbocycles. The quantitative estimate of drug-likeness (QED) is 0.356. The molecule has 0 amide bonds. The van der Waals surface area contributed by atoms with Gasteiger partial charge in [0.2, 0.25) is 0 Å². The Morgan fingerprint density at radius 1 is 0.552 bits per heavy atom. The predicted octanol–water partition coefficient (Wildman–Crippen LogP) is 5.77. The molecule has 0 aliphatic rings. The van der Waals surface area contributed by atoms with E-state index < -0.39 is 7.12 Å². The molecule has 5 heteroatoms. The molecule has 0 saturated heterocycles. The van der Waals surface area contributed by atoms with Crippen molar-refractivity contribution in [3.8, 4) is 11.1 Å². The minimum absolute atomic E-state index is 0.563. The van der Waals surface area contributed by atoms with Crippen LogP contribution in [-0.4, -0.2) is 17.2 Å². The van der Waals surface area contributed by atoms with Crippen molar-refractivity contribution < 1.29 is 10.0 Å². The molecule has 0 radical (unpaired) electrons. The number of fused-ring (bicyclic) bond motifs is 6. The summed E-state index contributed by atoms with van der Waals surface area (Å²) >= 11 is 3.52. The summed E-state index contributed by atoms with van der Waals surface area (Å²) in [5.74, 6) is 0. The Kier molecular flexibility index (Phi) is 3.80. The molecule has 2 nitrogen and oxygen atoms in total. The molecule has 2 aromatic heterocycles. The second-order valence-electron chi connectivity index (χ2n) is 7.22. The van der Waals surface area contributed by atoms with Crippen LogP contribution >= 0.6 is 22.7 Å². The molecular weight excluding hydrogens is 395 g/mol. The SMILES string of the molecule is OB(O)c1cccc2sc3cc(-c4ccc5c(c4)sc4ccccc45)ccc3c12. The van der Waals surface area contributed by atoms with E-state index in [9.17, 15) is 10.0 Å². The Morgan fingerprint density at radius 3 is 1.97 bits per heavy atom. The monoisotopic (exact) mass is 410 g/mol. The Balaban J connectivity index is 1.55. The second kappa shape index (κ2) is 6.41. The van der Waals surface area contributed by atoms with E-state index in [-0.39, 0.29) is 0 Å². The van der Waals surface area contributed by atoms with E-state index in [0.717, 1.165) is 20.2 Å². The van der Waals surface area contributed by atoms with Gasteiger partial charge >= 0.3 is 7.12 Å². The van der Waals surface area contributed by atoms with Crippen molar-refractivity contribution in [3.05, 3.63) is 78.9 Å². The van der Waals surface area contributed by atoms with Gasteiger partial charge in [0.25, 0.3) is 0 Å². The molecule has 0 atom stereocenters. The Labute approximate surface area is 175 Å². The molecule has 138 valence electrons. The molecule has 2 heterocycles. The summed E-state index contributed by atoms with van der Waals surface area (Å²) < 4.78 is 4.84. The lowest BCUT2D eigenvalue weighted by atomic mass is 9.77. The number of benzene rings is 4. The molecule has 0 fully saturated rings. The molecule has 0 unspecified atom stereocenters. The number of rotatable bonds is 2. The average Bonchev–Trinajstić information content (AvgIpc) is 3.30. The summed E-state index contributed by atoms with van der Waals surface area (Å²) in [5.41, 5.74) is 2.94. The molecule has 4 aromatic carbocycles. The van der Waals surface area contributed by atoms with E-state index in [1.54, 1.807) is 17.4 Å². The zero-order chi connectivity index (χ0) is 19.5. The highest BCUT2D eigenvalue weighted by Crippen LogP contribution is 2.39. The van der Waals surface area contributed by atoms with Gasteiger partial charge in [-0.15, -0.1) is 22.7 Å². The maximum absolute atomic E-state index is 9.75. The predicted molar refractivity (Wildman–Crippen MR) is 127 cm³/mol. The molecule has 29 heavy (non-hydrogen) atoms. The first-order valence-corrected chi connectivity index (χ1v) is 11.1. The van der Waals surface area contributed by atoms with Crippen LogP contribution in [0.4, 0.5) is 0 Å². The van der Waals surface area contributed by atoms with Crippen molar-refractivity contribution >= 4 is 75.6 Å². The fourth-order valence-corrected chi connectivity index (χ4v) is 6.48. The van der Waals surface area contributed by atoms with Gasteiger partial charge in [0.05, 0.1) is 0 Å². The van der Waals surface area contributed by atoms with Crippen molar-refractivity contribution in [2.45, 2.75) is 0 Å². The average molecular weight is 410 g/mol. The highest BCUT2D eigenvalue weighted by atomic mass is 32.1. The first kappa shape index (κ1) is 17.2. The van der Waals surface area contributed by atoms with E-state index in [4.69, 9.17) is 0 Å². The van der Waals surface area contributed by atoms with Gasteiger partial charge in [-0.1, -0.05) is 54.6 Å². The molecule has 0 saturated carbocycles. The van der Waals surface area contributed by atoms with Crippen molar-refractivity contribution in [2.24, 2.45) is 0 Å². The second-order valence-corrected chi connectivity index (χ2v) is 9.38. The zero-order valence-electron chi connectivity index (χ0n) is 15.3. The first-order chi connectivity index (χ1) is 14.2. The van der Waals surface area contributed by atoms with Crippen molar-refractivity contribution in [1.29, 1.82) is 0 Å². The molecule has 6 rings (SSSR count). The smallest absolute Gasteiger partial charge is 0.423 e. The minimum Gasteiger partial charge on any atom is -0.423 e. The van der Waals surface area contributed by atoms with Crippen LogP contribution in [0.15, 0.2) is 78.9 Å². The molecule has 0 bridgehead atoms. The molecular formula is C24H15BO2S2. The van der Waals surface area contributed by atoms with Gasteiger partial charge in [-0.25, -0.2) is 0 Å². The highest BCUT2D eigenvalue weighted by molar-refractivity contribution is 7.26. The summed E-state index contributed by atoms with van der Waals surface area (Å²) in [6.07, 6.45) is 0. The highest BCUT2D eigenvalue weighted by Gasteiger charge is 2.18. The topological polar surface area (TPSA) is 40.5 Å². The van der Waals surface area contributed by atoms with Crippen LogP contribution in [0.2, 0.25) is 0 Å². The lowest BCUT2D eigenvalue weighted by Crippen LogP contribution is -2.30. The number of hydrogen-bond donors (Lipinski definition) is 2. The normalized spacial score (nSPS) is 11.8. The molecule has 6 aromatic rings. The Hall–Kier alpha value is -2.70. The van der Waals surface area contributed by atoms with Crippen molar-refractivity contribution in [2.75, 3.05) is 0 Å². The maximum atomic E-state index is 9.75. The van der Waals surface area contributed by atoms with Gasteiger partial charge in [-0.2, -0.15) is 0 Å². The number of thiophene rings is 2. The fourth-order valence-electron chi connectivity index (χ4n) is 4.15. The summed E-state index contributed by atoms with van der Waals surface area (Å²) in [7, 11) is -1.47. The van der Waals surface area contributed by atoms with Gasteiger partial charge in [0.15, 0.2) is 0 Å².